The number of amides is 1. The van der Waals surface area contributed by atoms with E-state index in [0.29, 0.717) is 18.7 Å². The summed E-state index contributed by atoms with van der Waals surface area (Å²) in [6.07, 6.45) is 0. The number of piperazine rings is 1. The number of nitrogens with zero attached hydrogens (tertiary/aromatic N) is 2. The van der Waals surface area contributed by atoms with Crippen LogP contribution in [0, 0.1) is 6.92 Å². The van der Waals surface area contributed by atoms with Gasteiger partial charge in [0, 0.05) is 31.7 Å². The molecule has 1 aromatic rings. The van der Waals surface area contributed by atoms with Crippen molar-refractivity contribution < 1.29 is 9.90 Å². The van der Waals surface area contributed by atoms with Gasteiger partial charge in [0.15, 0.2) is 0 Å². The monoisotopic (exact) mass is 276 g/mol. The highest BCUT2D eigenvalue weighted by atomic mass is 16.3. The number of carbonyl (C=O) groups is 1. The van der Waals surface area contributed by atoms with Gasteiger partial charge in [-0.1, -0.05) is 11.6 Å². The normalized spacial score (nSPS) is 17.3. The third-order valence-corrected chi connectivity index (χ3v) is 3.90. The molecule has 0 unspecified atom stereocenters. The minimum atomic E-state index is -0.0697. The Morgan fingerprint density at radius 2 is 1.75 bits per heavy atom. The summed E-state index contributed by atoms with van der Waals surface area (Å²) < 4.78 is 0. The second-order valence-corrected chi connectivity index (χ2v) is 6.47. The number of hydrogen-bond donors (Lipinski definition) is 1. The summed E-state index contributed by atoms with van der Waals surface area (Å²) in [6.45, 7) is 11.7. The molecule has 1 amide bonds. The van der Waals surface area contributed by atoms with Crippen LogP contribution in [0.5, 0.6) is 5.75 Å². The molecule has 0 atom stereocenters. The lowest BCUT2D eigenvalue weighted by Crippen LogP contribution is -2.54. The first-order chi connectivity index (χ1) is 9.29. The van der Waals surface area contributed by atoms with Crippen molar-refractivity contribution in [2.24, 2.45) is 0 Å². The number of phenolic OH excluding ortho intramolecular Hbond substituents is 1. The predicted molar refractivity (Wildman–Crippen MR) is 80.1 cm³/mol. The highest BCUT2D eigenvalue weighted by Crippen LogP contribution is 2.22. The lowest BCUT2D eigenvalue weighted by atomic mass is 10.0. The Kier molecular flexibility index (Phi) is 4.04. The largest absolute Gasteiger partial charge is 0.507 e. The Bertz CT molecular complexity index is 498. The zero-order chi connectivity index (χ0) is 14.9. The van der Waals surface area contributed by atoms with Gasteiger partial charge < -0.3 is 10.0 Å². The van der Waals surface area contributed by atoms with Gasteiger partial charge in [0.2, 0.25) is 0 Å². The molecule has 4 nitrogen and oxygen atoms in total. The molecular formula is C16H24N2O2. The van der Waals surface area contributed by atoms with E-state index in [9.17, 15) is 9.90 Å². The molecule has 1 saturated heterocycles. The first-order valence-electron chi connectivity index (χ1n) is 7.13. The Morgan fingerprint density at radius 3 is 2.30 bits per heavy atom. The molecule has 1 heterocycles. The summed E-state index contributed by atoms with van der Waals surface area (Å²) in [4.78, 5) is 16.7. The second kappa shape index (κ2) is 5.44. The first-order valence-corrected chi connectivity index (χ1v) is 7.13. The van der Waals surface area contributed by atoms with Crippen molar-refractivity contribution in [3.05, 3.63) is 29.3 Å². The summed E-state index contributed by atoms with van der Waals surface area (Å²) in [5.74, 6) is -0.00129. The molecule has 1 aliphatic rings. The lowest BCUT2D eigenvalue weighted by molar-refractivity contribution is 0.0449. The van der Waals surface area contributed by atoms with E-state index in [-0.39, 0.29) is 17.2 Å². The van der Waals surface area contributed by atoms with Crippen molar-refractivity contribution in [3.8, 4) is 5.75 Å². The highest BCUT2D eigenvalue weighted by Gasteiger charge is 2.28. The van der Waals surface area contributed by atoms with E-state index in [1.807, 2.05) is 17.9 Å². The number of aromatic hydroxyl groups is 1. The smallest absolute Gasteiger partial charge is 0.257 e. The molecule has 1 aromatic carbocycles. The second-order valence-electron chi connectivity index (χ2n) is 6.47. The van der Waals surface area contributed by atoms with Crippen molar-refractivity contribution >= 4 is 5.91 Å². The molecule has 1 N–H and O–H groups in total. The van der Waals surface area contributed by atoms with Crippen LogP contribution in [0.1, 0.15) is 36.7 Å². The Labute approximate surface area is 121 Å². The van der Waals surface area contributed by atoms with Gasteiger partial charge in [-0.3, -0.25) is 9.69 Å². The number of benzene rings is 1. The molecule has 0 saturated carbocycles. The van der Waals surface area contributed by atoms with Crippen molar-refractivity contribution in [2.45, 2.75) is 33.2 Å². The third-order valence-electron chi connectivity index (χ3n) is 3.90. The van der Waals surface area contributed by atoms with Crippen LogP contribution in [0.15, 0.2) is 18.2 Å². The molecule has 1 aliphatic heterocycles. The van der Waals surface area contributed by atoms with Gasteiger partial charge in [-0.2, -0.15) is 0 Å². The molecule has 0 aliphatic carbocycles. The van der Waals surface area contributed by atoms with Gasteiger partial charge in [0.25, 0.3) is 5.91 Å². The van der Waals surface area contributed by atoms with Crippen molar-refractivity contribution in [1.29, 1.82) is 0 Å². The number of aryl methyl sites for hydroxylation is 1. The zero-order valence-electron chi connectivity index (χ0n) is 12.8. The fraction of sp³-hybridized carbons (Fsp3) is 0.562. The minimum absolute atomic E-state index is 0.0684. The summed E-state index contributed by atoms with van der Waals surface area (Å²) in [7, 11) is 0. The molecule has 0 spiro atoms. The molecule has 2 rings (SSSR count). The SMILES string of the molecule is Cc1ccc(O)c(C(=O)N2CCN(C(C)(C)C)CC2)c1. The summed E-state index contributed by atoms with van der Waals surface area (Å²) in [6, 6.07) is 5.16. The van der Waals surface area contributed by atoms with E-state index in [1.54, 1.807) is 12.1 Å². The zero-order valence-corrected chi connectivity index (χ0v) is 12.8. The van der Waals surface area contributed by atoms with E-state index in [1.165, 1.54) is 0 Å². The molecular weight excluding hydrogens is 252 g/mol. The van der Waals surface area contributed by atoms with E-state index in [0.717, 1.165) is 18.7 Å². The third kappa shape index (κ3) is 3.12. The standard InChI is InChI=1S/C16H24N2O2/c1-12-5-6-14(19)13(11-12)15(20)17-7-9-18(10-8-17)16(2,3)4/h5-6,11,19H,7-10H2,1-4H3. The van der Waals surface area contributed by atoms with Crippen LogP contribution >= 0.6 is 0 Å². The number of phenols is 1. The fourth-order valence-electron chi connectivity index (χ4n) is 2.57. The molecule has 1 fully saturated rings. The van der Waals surface area contributed by atoms with Crippen molar-refractivity contribution in [2.75, 3.05) is 26.2 Å². The lowest BCUT2D eigenvalue weighted by Gasteiger charge is -2.42. The quantitative estimate of drug-likeness (QED) is 0.855. The molecule has 0 radical (unpaired) electrons. The highest BCUT2D eigenvalue weighted by molar-refractivity contribution is 5.97. The van der Waals surface area contributed by atoms with E-state index in [4.69, 9.17) is 0 Å². The van der Waals surface area contributed by atoms with Crippen LogP contribution in [0.3, 0.4) is 0 Å². The van der Waals surface area contributed by atoms with Gasteiger partial charge in [-0.25, -0.2) is 0 Å². The summed E-state index contributed by atoms with van der Waals surface area (Å²) >= 11 is 0. The van der Waals surface area contributed by atoms with Gasteiger partial charge in [0.1, 0.15) is 5.75 Å². The topological polar surface area (TPSA) is 43.8 Å². The number of carbonyl (C=O) groups excluding carboxylic acids is 1. The Morgan fingerprint density at radius 1 is 1.15 bits per heavy atom. The number of hydrogen-bond acceptors (Lipinski definition) is 3. The fourth-order valence-corrected chi connectivity index (χ4v) is 2.57. The van der Waals surface area contributed by atoms with Gasteiger partial charge in [-0.15, -0.1) is 0 Å². The average Bonchev–Trinajstić information content (AvgIpc) is 2.40. The van der Waals surface area contributed by atoms with E-state index >= 15 is 0 Å². The maximum atomic E-state index is 12.5. The predicted octanol–water partition coefficient (Wildman–Crippen LogP) is 2.26. The van der Waals surface area contributed by atoms with Crippen LogP contribution < -0.4 is 0 Å². The van der Waals surface area contributed by atoms with Crippen molar-refractivity contribution in [3.63, 3.8) is 0 Å². The Balaban J connectivity index is 2.07. The van der Waals surface area contributed by atoms with Crippen LogP contribution in [0.25, 0.3) is 0 Å². The van der Waals surface area contributed by atoms with E-state index in [2.05, 4.69) is 25.7 Å². The van der Waals surface area contributed by atoms with Crippen LogP contribution in [-0.2, 0) is 0 Å². The van der Waals surface area contributed by atoms with Crippen LogP contribution in [-0.4, -0.2) is 52.5 Å². The maximum absolute atomic E-state index is 12.5. The summed E-state index contributed by atoms with van der Waals surface area (Å²) in [5.41, 5.74) is 1.54. The molecule has 4 heteroatoms. The molecule has 110 valence electrons. The summed E-state index contributed by atoms with van der Waals surface area (Å²) in [5, 5.41) is 9.86. The minimum Gasteiger partial charge on any atom is -0.507 e. The van der Waals surface area contributed by atoms with Crippen molar-refractivity contribution in [1.82, 2.24) is 9.80 Å². The Hall–Kier alpha value is -1.55. The first kappa shape index (κ1) is 14.9. The average molecular weight is 276 g/mol. The van der Waals surface area contributed by atoms with E-state index < -0.39 is 0 Å². The molecule has 0 bridgehead atoms. The molecule has 0 aromatic heterocycles. The maximum Gasteiger partial charge on any atom is 0.257 e. The number of rotatable bonds is 1. The van der Waals surface area contributed by atoms with Gasteiger partial charge in [-0.05, 0) is 39.8 Å². The van der Waals surface area contributed by atoms with Gasteiger partial charge >= 0.3 is 0 Å². The van der Waals surface area contributed by atoms with Crippen LogP contribution in [0.4, 0.5) is 0 Å². The molecule has 20 heavy (non-hydrogen) atoms. The van der Waals surface area contributed by atoms with Gasteiger partial charge in [0.05, 0.1) is 5.56 Å². The van der Waals surface area contributed by atoms with Crippen LogP contribution in [0.2, 0.25) is 0 Å².